The molecular weight excluding hydrogens is 495 g/mol. The predicted molar refractivity (Wildman–Crippen MR) is 135 cm³/mol. The third-order valence-corrected chi connectivity index (χ3v) is 6.91. The lowest BCUT2D eigenvalue weighted by Gasteiger charge is -2.17. The first-order valence-electron chi connectivity index (χ1n) is 10.9. The van der Waals surface area contributed by atoms with Crippen molar-refractivity contribution in [1.82, 2.24) is 19.4 Å². The minimum absolute atomic E-state index is 0.0629. The van der Waals surface area contributed by atoms with Gasteiger partial charge in [0.15, 0.2) is 0 Å². The van der Waals surface area contributed by atoms with Crippen molar-refractivity contribution >= 4 is 45.7 Å². The first-order valence-corrected chi connectivity index (χ1v) is 11.7. The summed E-state index contributed by atoms with van der Waals surface area (Å²) >= 11 is 12.5. The number of pyridine rings is 1. The summed E-state index contributed by atoms with van der Waals surface area (Å²) in [6.45, 7) is 0. The summed E-state index contributed by atoms with van der Waals surface area (Å²) in [5.74, 6) is 0.120. The number of hydrogen-bond donors (Lipinski definition) is 1. The van der Waals surface area contributed by atoms with Crippen LogP contribution < -0.4 is 10.9 Å². The predicted octanol–water partition coefficient (Wildman–Crippen LogP) is 5.80. The first-order chi connectivity index (χ1) is 16.7. The summed E-state index contributed by atoms with van der Waals surface area (Å²) in [6.07, 6.45) is 1.30. The number of hydrogen-bond acceptors (Lipinski definition) is 5. The average molecular weight is 516 g/mol. The van der Waals surface area contributed by atoms with E-state index < -0.39 is 17.5 Å². The molecule has 0 saturated heterocycles. The molecule has 1 N–H and O–H groups in total. The van der Waals surface area contributed by atoms with Crippen LogP contribution in [-0.4, -0.2) is 39.6 Å². The normalized spacial score (nSPS) is 15.3. The zero-order valence-electron chi connectivity index (χ0n) is 18.9. The van der Waals surface area contributed by atoms with Gasteiger partial charge in [-0.1, -0.05) is 35.3 Å². The van der Waals surface area contributed by atoms with Gasteiger partial charge in [-0.05, 0) is 62.3 Å². The zero-order chi connectivity index (χ0) is 24.9. The highest BCUT2D eigenvalue weighted by Crippen LogP contribution is 2.32. The molecule has 10 heteroatoms. The Morgan fingerprint density at radius 1 is 1.11 bits per heavy atom. The van der Waals surface area contributed by atoms with Crippen molar-refractivity contribution in [3.8, 4) is 5.69 Å². The summed E-state index contributed by atoms with van der Waals surface area (Å²) in [6, 6.07) is 11.1. The second-order valence-electron chi connectivity index (χ2n) is 8.72. The van der Waals surface area contributed by atoms with Crippen LogP contribution in [0.5, 0.6) is 0 Å². The molecular formula is C25H21Cl2F2N5O. The van der Waals surface area contributed by atoms with Crippen LogP contribution in [0.1, 0.15) is 23.1 Å². The summed E-state index contributed by atoms with van der Waals surface area (Å²) in [7, 11) is 4.12. The van der Waals surface area contributed by atoms with Gasteiger partial charge in [-0.15, -0.1) is 0 Å². The fourth-order valence-corrected chi connectivity index (χ4v) is 5.00. The smallest absolute Gasteiger partial charge is 0.267 e. The van der Waals surface area contributed by atoms with Crippen molar-refractivity contribution in [1.29, 1.82) is 0 Å². The molecule has 2 aromatic carbocycles. The van der Waals surface area contributed by atoms with E-state index in [9.17, 15) is 13.6 Å². The lowest BCUT2D eigenvalue weighted by atomic mass is 10.1. The van der Waals surface area contributed by atoms with Gasteiger partial charge in [0.1, 0.15) is 0 Å². The molecule has 0 fully saturated rings. The fraction of sp³-hybridized carbons (Fsp3) is 0.240. The van der Waals surface area contributed by atoms with Gasteiger partial charge in [-0.3, -0.25) is 9.36 Å². The quantitative estimate of drug-likeness (QED) is 0.364. The Kier molecular flexibility index (Phi) is 6.21. The summed E-state index contributed by atoms with van der Waals surface area (Å²) in [5, 5.41) is 3.34. The van der Waals surface area contributed by atoms with Gasteiger partial charge >= 0.3 is 0 Å². The molecule has 35 heavy (non-hydrogen) atoms. The highest BCUT2D eigenvalue weighted by Gasteiger charge is 2.24. The molecule has 5 rings (SSSR count). The topological polar surface area (TPSA) is 63.1 Å². The van der Waals surface area contributed by atoms with Gasteiger partial charge in [0.05, 0.1) is 32.2 Å². The second kappa shape index (κ2) is 9.18. The highest BCUT2D eigenvalue weighted by atomic mass is 35.5. The molecule has 1 aliphatic carbocycles. The Morgan fingerprint density at radius 2 is 1.83 bits per heavy atom. The van der Waals surface area contributed by atoms with Crippen LogP contribution >= 0.6 is 23.2 Å². The average Bonchev–Trinajstić information content (AvgIpc) is 3.24. The number of anilines is 2. The largest absolute Gasteiger partial charge is 0.324 e. The number of rotatable bonds is 5. The van der Waals surface area contributed by atoms with E-state index in [-0.39, 0.29) is 32.6 Å². The van der Waals surface area contributed by atoms with Crippen LogP contribution in [0.25, 0.3) is 16.6 Å². The van der Waals surface area contributed by atoms with Crippen molar-refractivity contribution < 1.29 is 8.78 Å². The van der Waals surface area contributed by atoms with Crippen molar-refractivity contribution in [3.05, 3.63) is 85.9 Å². The standard InChI is InChI=1S/C25H21Cl2F2N5O/c1-33(2)16-9-13-6-7-15(8-14(13)10-16)31-25-30-11-17-21(32-25)18(23(28)29)12-34(24(17)35)22-19(26)4-3-5-20(22)27/h3-8,11-12,16,23H,9-10H2,1-2H3,(H,30,31,32). The molecule has 0 aliphatic heterocycles. The third kappa shape index (κ3) is 4.37. The van der Waals surface area contributed by atoms with E-state index in [0.717, 1.165) is 29.3 Å². The maximum atomic E-state index is 14.1. The lowest BCUT2D eigenvalue weighted by molar-refractivity contribution is 0.152. The monoisotopic (exact) mass is 515 g/mol. The number of alkyl halides is 2. The molecule has 6 nitrogen and oxygen atoms in total. The molecule has 0 saturated carbocycles. The molecule has 0 amide bonds. The zero-order valence-corrected chi connectivity index (χ0v) is 20.4. The Hall–Kier alpha value is -3.07. The Labute approximate surface area is 210 Å². The molecule has 0 spiro atoms. The van der Waals surface area contributed by atoms with Crippen LogP contribution in [-0.2, 0) is 12.8 Å². The Balaban J connectivity index is 1.56. The molecule has 180 valence electrons. The minimum atomic E-state index is -2.89. The van der Waals surface area contributed by atoms with Gasteiger partial charge in [-0.25, -0.2) is 18.7 Å². The van der Waals surface area contributed by atoms with Gasteiger partial charge in [0.25, 0.3) is 12.0 Å². The van der Waals surface area contributed by atoms with Crippen LogP contribution in [0.15, 0.2) is 53.6 Å². The number of nitrogens with one attached hydrogen (secondary N) is 1. The lowest BCUT2D eigenvalue weighted by Crippen LogP contribution is -2.27. The first kappa shape index (κ1) is 23.7. The van der Waals surface area contributed by atoms with Crippen molar-refractivity contribution in [2.45, 2.75) is 25.3 Å². The van der Waals surface area contributed by atoms with E-state index in [2.05, 4.69) is 40.3 Å². The number of nitrogens with zero attached hydrogens (tertiary/aromatic N) is 4. The van der Waals surface area contributed by atoms with Crippen LogP contribution in [0, 0.1) is 0 Å². The van der Waals surface area contributed by atoms with Crippen LogP contribution in [0.3, 0.4) is 0 Å². The molecule has 1 aliphatic rings. The molecule has 2 aromatic heterocycles. The number of halogens is 4. The summed E-state index contributed by atoms with van der Waals surface area (Å²) < 4.78 is 29.2. The second-order valence-corrected chi connectivity index (χ2v) is 9.54. The van der Waals surface area contributed by atoms with E-state index in [0.29, 0.717) is 6.04 Å². The molecule has 2 heterocycles. The van der Waals surface area contributed by atoms with E-state index in [1.807, 2.05) is 12.1 Å². The van der Waals surface area contributed by atoms with E-state index in [1.165, 1.54) is 29.5 Å². The van der Waals surface area contributed by atoms with Crippen molar-refractivity contribution in [3.63, 3.8) is 0 Å². The number of fused-ring (bicyclic) bond motifs is 2. The molecule has 1 atom stereocenters. The SMILES string of the molecule is CN(C)C1Cc2ccc(Nc3ncc4c(=O)n(-c5c(Cl)cccc5Cl)cc(C(F)F)c4n3)cc2C1. The van der Waals surface area contributed by atoms with Crippen LogP contribution in [0.2, 0.25) is 10.0 Å². The van der Waals surface area contributed by atoms with E-state index in [4.69, 9.17) is 23.2 Å². The number of aromatic nitrogens is 3. The number of benzene rings is 2. The van der Waals surface area contributed by atoms with Crippen LogP contribution in [0.4, 0.5) is 20.4 Å². The Bertz CT molecular complexity index is 1490. The number of para-hydroxylation sites is 1. The van der Waals surface area contributed by atoms with Gasteiger partial charge < -0.3 is 10.2 Å². The number of likely N-dealkylation sites (N-methyl/N-ethyl adjacent to an activating group) is 1. The minimum Gasteiger partial charge on any atom is -0.324 e. The molecule has 0 radical (unpaired) electrons. The molecule has 4 aromatic rings. The summed E-state index contributed by atoms with van der Waals surface area (Å²) in [5.41, 5.74) is 2.23. The fourth-order valence-electron chi connectivity index (χ4n) is 4.42. The van der Waals surface area contributed by atoms with Gasteiger partial charge in [0.2, 0.25) is 5.95 Å². The van der Waals surface area contributed by atoms with Gasteiger partial charge in [0, 0.05) is 24.1 Å². The maximum Gasteiger partial charge on any atom is 0.267 e. The summed E-state index contributed by atoms with van der Waals surface area (Å²) in [4.78, 5) is 23.9. The maximum absolute atomic E-state index is 14.1. The van der Waals surface area contributed by atoms with Crippen molar-refractivity contribution in [2.24, 2.45) is 0 Å². The third-order valence-electron chi connectivity index (χ3n) is 6.30. The van der Waals surface area contributed by atoms with Gasteiger partial charge in [-0.2, -0.15) is 0 Å². The van der Waals surface area contributed by atoms with E-state index in [1.54, 1.807) is 6.07 Å². The molecule has 0 bridgehead atoms. The molecule has 1 unspecified atom stereocenters. The highest BCUT2D eigenvalue weighted by molar-refractivity contribution is 6.37. The van der Waals surface area contributed by atoms with Crippen molar-refractivity contribution in [2.75, 3.05) is 19.4 Å². The Morgan fingerprint density at radius 3 is 2.51 bits per heavy atom. The van der Waals surface area contributed by atoms with E-state index >= 15 is 0 Å².